The fourth-order valence-corrected chi connectivity index (χ4v) is 2.60. The van der Waals surface area contributed by atoms with Crippen LogP contribution >= 0.6 is 11.6 Å². The molecule has 2 heterocycles. The van der Waals surface area contributed by atoms with Crippen molar-refractivity contribution in [1.29, 1.82) is 0 Å². The van der Waals surface area contributed by atoms with Crippen LogP contribution in [0.15, 0.2) is 71.3 Å². The lowest BCUT2D eigenvalue weighted by atomic mass is 10.2. The predicted molar refractivity (Wildman–Crippen MR) is 92.7 cm³/mol. The van der Waals surface area contributed by atoms with Gasteiger partial charge in [-0.3, -0.25) is 4.79 Å². The summed E-state index contributed by atoms with van der Waals surface area (Å²) >= 11 is 5.94. The first-order valence-corrected chi connectivity index (χ1v) is 7.68. The molecule has 0 atom stereocenters. The van der Waals surface area contributed by atoms with Crippen molar-refractivity contribution in [2.24, 2.45) is 0 Å². The van der Waals surface area contributed by atoms with Crippen molar-refractivity contribution < 1.29 is 9.21 Å². The molecule has 0 radical (unpaired) electrons. The van der Waals surface area contributed by atoms with Crippen molar-refractivity contribution in [3.63, 3.8) is 0 Å². The van der Waals surface area contributed by atoms with E-state index in [9.17, 15) is 4.79 Å². The fourth-order valence-electron chi connectivity index (χ4n) is 2.42. The molecule has 0 aliphatic rings. The molecule has 24 heavy (non-hydrogen) atoms. The van der Waals surface area contributed by atoms with Gasteiger partial charge in [0.2, 0.25) is 0 Å². The van der Waals surface area contributed by atoms with Crippen LogP contribution in [-0.4, -0.2) is 15.7 Å². The number of nitrogens with one attached hydrogen (secondary N) is 1. The van der Waals surface area contributed by atoms with Crippen molar-refractivity contribution in [3.8, 4) is 5.69 Å². The van der Waals surface area contributed by atoms with Crippen LogP contribution in [0, 0.1) is 0 Å². The number of aromatic nitrogens is 2. The lowest BCUT2D eigenvalue weighted by molar-refractivity contribution is 0.0998. The first kappa shape index (κ1) is 14.5. The summed E-state index contributed by atoms with van der Waals surface area (Å²) in [6.45, 7) is 0. The zero-order valence-electron chi connectivity index (χ0n) is 12.4. The highest BCUT2D eigenvalue weighted by atomic mass is 35.5. The van der Waals surface area contributed by atoms with Crippen molar-refractivity contribution in [2.75, 3.05) is 5.32 Å². The second-order valence-corrected chi connectivity index (χ2v) is 5.66. The number of fused-ring (bicyclic) bond motifs is 1. The third-order valence-corrected chi connectivity index (χ3v) is 3.79. The van der Waals surface area contributed by atoms with Gasteiger partial charge in [-0.05, 0) is 36.4 Å². The molecule has 0 unspecified atom stereocenters. The zero-order chi connectivity index (χ0) is 16.5. The van der Waals surface area contributed by atoms with E-state index in [0.717, 1.165) is 11.1 Å². The van der Waals surface area contributed by atoms with Gasteiger partial charge in [0, 0.05) is 22.7 Å². The highest BCUT2D eigenvalue weighted by molar-refractivity contribution is 6.31. The number of anilines is 1. The summed E-state index contributed by atoms with van der Waals surface area (Å²) in [6.07, 6.45) is 1.78. The normalized spacial score (nSPS) is 10.9. The van der Waals surface area contributed by atoms with Crippen molar-refractivity contribution in [2.45, 2.75) is 0 Å². The Morgan fingerprint density at radius 2 is 1.92 bits per heavy atom. The van der Waals surface area contributed by atoms with Gasteiger partial charge in [0.25, 0.3) is 5.91 Å². The van der Waals surface area contributed by atoms with Crippen LogP contribution < -0.4 is 5.32 Å². The Balaban J connectivity index is 1.56. The summed E-state index contributed by atoms with van der Waals surface area (Å²) in [5.41, 5.74) is 1.52. The minimum Gasteiger partial charge on any atom is -0.451 e. The number of hydrogen-bond donors (Lipinski definition) is 1. The van der Waals surface area contributed by atoms with Gasteiger partial charge >= 0.3 is 0 Å². The summed E-state index contributed by atoms with van der Waals surface area (Å²) in [5, 5.41) is 8.44. The predicted octanol–water partition coefficient (Wildman–Crippen LogP) is 4.52. The Morgan fingerprint density at radius 3 is 2.75 bits per heavy atom. The molecule has 0 fully saturated rings. The molecule has 1 amide bonds. The number of amides is 1. The number of rotatable bonds is 3. The number of para-hydroxylation sites is 1. The maximum absolute atomic E-state index is 12.3. The van der Waals surface area contributed by atoms with Gasteiger partial charge < -0.3 is 9.73 Å². The van der Waals surface area contributed by atoms with Crippen LogP contribution in [0.4, 0.5) is 5.82 Å². The van der Waals surface area contributed by atoms with Crippen LogP contribution in [-0.2, 0) is 0 Å². The Kier molecular flexibility index (Phi) is 3.55. The molecule has 0 spiro atoms. The second-order valence-electron chi connectivity index (χ2n) is 5.23. The number of nitrogens with zero attached hydrogens (tertiary/aromatic N) is 2. The second kappa shape index (κ2) is 5.86. The first-order valence-electron chi connectivity index (χ1n) is 7.30. The standard InChI is InChI=1S/C18H12ClN3O2/c19-13-6-7-15-12(10-13)11-16(24-15)18(23)20-17-8-9-22(21-17)14-4-2-1-3-5-14/h1-11H,(H,20,21,23). The van der Waals surface area contributed by atoms with E-state index in [1.807, 2.05) is 30.3 Å². The topological polar surface area (TPSA) is 60.1 Å². The van der Waals surface area contributed by atoms with Crippen molar-refractivity contribution >= 4 is 34.3 Å². The molecule has 0 saturated heterocycles. The molecule has 118 valence electrons. The maximum atomic E-state index is 12.3. The van der Waals surface area contributed by atoms with Crippen LogP contribution in [0.2, 0.25) is 5.02 Å². The van der Waals surface area contributed by atoms with Gasteiger partial charge in [-0.2, -0.15) is 5.10 Å². The minimum absolute atomic E-state index is 0.210. The Labute approximate surface area is 142 Å². The molecular formula is C18H12ClN3O2. The van der Waals surface area contributed by atoms with E-state index in [0.29, 0.717) is 16.4 Å². The van der Waals surface area contributed by atoms with Crippen LogP contribution in [0.3, 0.4) is 0 Å². The van der Waals surface area contributed by atoms with Crippen LogP contribution in [0.25, 0.3) is 16.7 Å². The molecule has 0 aliphatic carbocycles. The number of halogens is 1. The minimum atomic E-state index is -0.361. The van der Waals surface area contributed by atoms with Gasteiger partial charge in [-0.1, -0.05) is 29.8 Å². The molecule has 1 N–H and O–H groups in total. The average molecular weight is 338 g/mol. The van der Waals surface area contributed by atoms with Gasteiger partial charge in [0.15, 0.2) is 11.6 Å². The third-order valence-electron chi connectivity index (χ3n) is 3.55. The number of carbonyl (C=O) groups is 1. The van der Waals surface area contributed by atoms with Gasteiger partial charge in [0.1, 0.15) is 5.58 Å². The van der Waals surface area contributed by atoms with Crippen LogP contribution in [0.1, 0.15) is 10.6 Å². The molecule has 4 rings (SSSR count). The van der Waals surface area contributed by atoms with E-state index in [4.69, 9.17) is 16.0 Å². The Morgan fingerprint density at radius 1 is 1.08 bits per heavy atom. The summed E-state index contributed by atoms with van der Waals surface area (Å²) in [4.78, 5) is 12.3. The molecule has 5 nitrogen and oxygen atoms in total. The third kappa shape index (κ3) is 2.77. The molecule has 4 aromatic rings. The zero-order valence-corrected chi connectivity index (χ0v) is 13.2. The monoisotopic (exact) mass is 337 g/mol. The highest BCUT2D eigenvalue weighted by Gasteiger charge is 2.14. The van der Waals surface area contributed by atoms with E-state index in [2.05, 4.69) is 10.4 Å². The Hall–Kier alpha value is -3.05. The van der Waals surface area contributed by atoms with E-state index >= 15 is 0 Å². The summed E-state index contributed by atoms with van der Waals surface area (Å²) in [6, 6.07) is 18.2. The van der Waals surface area contributed by atoms with Crippen molar-refractivity contribution in [1.82, 2.24) is 9.78 Å². The van der Waals surface area contributed by atoms with E-state index in [-0.39, 0.29) is 11.7 Å². The summed E-state index contributed by atoms with van der Waals surface area (Å²) in [5.74, 6) is 0.296. The number of hydrogen-bond acceptors (Lipinski definition) is 3. The molecule has 0 saturated carbocycles. The van der Waals surface area contributed by atoms with E-state index in [1.165, 1.54) is 0 Å². The summed E-state index contributed by atoms with van der Waals surface area (Å²) in [7, 11) is 0. The lowest BCUT2D eigenvalue weighted by Crippen LogP contribution is -2.11. The van der Waals surface area contributed by atoms with Gasteiger partial charge in [0.05, 0.1) is 5.69 Å². The Bertz CT molecular complexity index is 1020. The number of carbonyl (C=O) groups excluding carboxylic acids is 1. The quantitative estimate of drug-likeness (QED) is 0.597. The lowest BCUT2D eigenvalue weighted by Gasteiger charge is -2.00. The highest BCUT2D eigenvalue weighted by Crippen LogP contribution is 2.23. The largest absolute Gasteiger partial charge is 0.451 e. The smallest absolute Gasteiger partial charge is 0.292 e. The van der Waals surface area contributed by atoms with Gasteiger partial charge in [-0.25, -0.2) is 4.68 Å². The van der Waals surface area contributed by atoms with Crippen LogP contribution in [0.5, 0.6) is 0 Å². The van der Waals surface area contributed by atoms with Crippen molar-refractivity contribution in [3.05, 3.63) is 77.6 Å². The average Bonchev–Trinajstić information content (AvgIpc) is 3.22. The van der Waals surface area contributed by atoms with E-state index < -0.39 is 0 Å². The molecule has 0 aliphatic heterocycles. The fraction of sp³-hybridized carbons (Fsp3) is 0. The molecule has 2 aromatic heterocycles. The molecule has 6 heteroatoms. The van der Waals surface area contributed by atoms with Gasteiger partial charge in [-0.15, -0.1) is 0 Å². The number of benzene rings is 2. The SMILES string of the molecule is O=C(Nc1ccn(-c2ccccc2)n1)c1cc2cc(Cl)ccc2o1. The molecule has 2 aromatic carbocycles. The molecule has 0 bridgehead atoms. The summed E-state index contributed by atoms with van der Waals surface area (Å²) < 4.78 is 7.23. The number of furan rings is 1. The molecular weight excluding hydrogens is 326 g/mol. The first-order chi connectivity index (χ1) is 11.7. The van der Waals surface area contributed by atoms with E-state index in [1.54, 1.807) is 41.2 Å². The maximum Gasteiger partial charge on any atom is 0.292 e.